The van der Waals surface area contributed by atoms with Crippen LogP contribution in [0, 0.1) is 12.7 Å². The third-order valence-electron chi connectivity index (χ3n) is 6.71. The minimum Gasteiger partial charge on any atom is -0.489 e. The first-order valence-electron chi connectivity index (χ1n) is 13.2. The molecule has 0 aliphatic carbocycles. The average molecular weight is 624 g/mol. The Balaban J connectivity index is 1.85. The molecule has 0 saturated carbocycles. The van der Waals surface area contributed by atoms with E-state index < -0.39 is 23.5 Å². The van der Waals surface area contributed by atoms with Crippen LogP contribution in [0.4, 0.5) is 10.1 Å². The lowest BCUT2D eigenvalue weighted by molar-refractivity contribution is -0.164. The molecule has 1 aliphatic heterocycles. The summed E-state index contributed by atoms with van der Waals surface area (Å²) in [4.78, 5) is 20.1. The molecule has 0 spiro atoms. The summed E-state index contributed by atoms with van der Waals surface area (Å²) >= 11 is 3.52. The van der Waals surface area contributed by atoms with Crippen molar-refractivity contribution < 1.29 is 23.4 Å². The topological polar surface area (TPSA) is 78.2 Å². The highest BCUT2D eigenvalue weighted by atomic mass is 79.9. The SMILES string of the molecule is C=CCN1CCOc2cc(F)c(-c3c(C(OC(C)(C)C)C(=O)OC)c(C)nc4cc(-c5cccc(Br)c5)nn34)cc21. The molecule has 8 nitrogen and oxygen atoms in total. The van der Waals surface area contributed by atoms with Crippen molar-refractivity contribution in [3.05, 3.63) is 76.7 Å². The van der Waals surface area contributed by atoms with Crippen molar-refractivity contribution in [2.24, 2.45) is 0 Å². The lowest BCUT2D eigenvalue weighted by atomic mass is 9.97. The van der Waals surface area contributed by atoms with E-state index in [4.69, 9.17) is 24.3 Å². The van der Waals surface area contributed by atoms with Gasteiger partial charge in [-0.3, -0.25) is 0 Å². The van der Waals surface area contributed by atoms with Gasteiger partial charge in [-0.25, -0.2) is 18.7 Å². The van der Waals surface area contributed by atoms with Crippen LogP contribution in [0.3, 0.4) is 0 Å². The molecule has 1 unspecified atom stereocenters. The number of fused-ring (bicyclic) bond motifs is 2. The van der Waals surface area contributed by atoms with Crippen LogP contribution in [0.5, 0.6) is 5.75 Å². The number of methoxy groups -OCH3 is 1. The van der Waals surface area contributed by atoms with Crippen molar-refractivity contribution in [2.45, 2.75) is 39.4 Å². The van der Waals surface area contributed by atoms with Gasteiger partial charge in [0.05, 0.1) is 36.3 Å². The van der Waals surface area contributed by atoms with Crippen molar-refractivity contribution in [1.29, 1.82) is 0 Å². The molecular weight excluding hydrogens is 591 g/mol. The molecular formula is C31H32BrFN4O4. The van der Waals surface area contributed by atoms with Crippen LogP contribution in [-0.4, -0.2) is 53.0 Å². The minimum absolute atomic E-state index is 0.226. The molecule has 3 heterocycles. The molecule has 0 fully saturated rings. The number of benzene rings is 2. The lowest BCUT2D eigenvalue weighted by Gasteiger charge is -2.31. The number of ether oxygens (including phenoxy) is 3. The molecule has 41 heavy (non-hydrogen) atoms. The number of carbonyl (C=O) groups excluding carboxylic acids is 1. The van der Waals surface area contributed by atoms with Crippen molar-refractivity contribution in [3.63, 3.8) is 0 Å². The van der Waals surface area contributed by atoms with Gasteiger partial charge in [0.2, 0.25) is 0 Å². The summed E-state index contributed by atoms with van der Waals surface area (Å²) in [6, 6.07) is 12.7. The van der Waals surface area contributed by atoms with Gasteiger partial charge in [-0.1, -0.05) is 34.1 Å². The summed E-state index contributed by atoms with van der Waals surface area (Å²) in [5, 5.41) is 4.87. The van der Waals surface area contributed by atoms with Gasteiger partial charge in [-0.2, -0.15) is 5.10 Å². The van der Waals surface area contributed by atoms with Crippen molar-refractivity contribution >= 4 is 33.2 Å². The molecule has 1 aliphatic rings. The van der Waals surface area contributed by atoms with E-state index in [2.05, 4.69) is 27.4 Å². The Labute approximate surface area is 246 Å². The molecule has 2 aromatic carbocycles. The Morgan fingerprint density at radius 2 is 2.05 bits per heavy atom. The van der Waals surface area contributed by atoms with Gasteiger partial charge in [-0.05, 0) is 45.9 Å². The summed E-state index contributed by atoms with van der Waals surface area (Å²) in [7, 11) is 1.30. The molecule has 5 rings (SSSR count). The number of hydrogen-bond acceptors (Lipinski definition) is 7. The van der Waals surface area contributed by atoms with Gasteiger partial charge < -0.3 is 19.1 Å². The van der Waals surface area contributed by atoms with E-state index in [1.54, 1.807) is 23.6 Å². The minimum atomic E-state index is -1.19. The normalized spacial score (nSPS) is 14.0. The third-order valence-corrected chi connectivity index (χ3v) is 7.20. The van der Waals surface area contributed by atoms with Gasteiger partial charge in [0, 0.05) is 45.5 Å². The Morgan fingerprint density at radius 3 is 2.73 bits per heavy atom. The summed E-state index contributed by atoms with van der Waals surface area (Å²) in [5.74, 6) is -0.718. The Kier molecular flexibility index (Phi) is 7.89. The summed E-state index contributed by atoms with van der Waals surface area (Å²) in [6.07, 6.45) is 0.599. The number of rotatable bonds is 7. The fourth-order valence-corrected chi connectivity index (χ4v) is 5.40. The number of anilines is 1. The maximum absolute atomic E-state index is 16.1. The molecule has 2 aromatic heterocycles. The fraction of sp³-hybridized carbons (Fsp3) is 0.323. The van der Waals surface area contributed by atoms with Crippen molar-refractivity contribution in [3.8, 4) is 28.3 Å². The Morgan fingerprint density at radius 1 is 1.27 bits per heavy atom. The molecule has 10 heteroatoms. The van der Waals surface area contributed by atoms with E-state index in [0.717, 1.165) is 10.0 Å². The summed E-state index contributed by atoms with van der Waals surface area (Å²) in [5.41, 5.74) is 3.39. The quantitative estimate of drug-likeness (QED) is 0.168. The smallest absolute Gasteiger partial charge is 0.339 e. The number of aromatic nitrogens is 3. The predicted octanol–water partition coefficient (Wildman–Crippen LogP) is 6.69. The largest absolute Gasteiger partial charge is 0.489 e. The molecule has 1 atom stereocenters. The first-order chi connectivity index (χ1) is 19.5. The molecule has 214 valence electrons. The van der Waals surface area contributed by atoms with Crippen LogP contribution in [0.15, 0.2) is 59.6 Å². The van der Waals surface area contributed by atoms with Crippen LogP contribution in [0.1, 0.15) is 38.1 Å². The van der Waals surface area contributed by atoms with Crippen LogP contribution >= 0.6 is 15.9 Å². The number of esters is 1. The molecule has 0 saturated heterocycles. The zero-order valence-electron chi connectivity index (χ0n) is 23.7. The van der Waals surface area contributed by atoms with Crippen molar-refractivity contribution in [2.75, 3.05) is 31.7 Å². The summed E-state index contributed by atoms with van der Waals surface area (Å²) in [6.45, 7) is 12.8. The highest BCUT2D eigenvalue weighted by molar-refractivity contribution is 9.10. The number of halogens is 2. The van der Waals surface area contributed by atoms with Crippen LogP contribution in [0.25, 0.3) is 28.2 Å². The standard InChI is InChI=1S/C31H32BrFN4O4/c1-7-11-36-12-13-40-25-16-22(33)21(15-24(25)36)28-27(29(30(38)39-6)41-31(3,4)5)18(2)34-26-17-23(35-37(26)28)19-9-8-10-20(32)14-19/h7-10,14-17,29H,1,11-13H2,2-6H3. The first-order valence-corrected chi connectivity index (χ1v) is 14.0. The second kappa shape index (κ2) is 11.3. The number of aryl methyl sites for hydroxylation is 1. The monoisotopic (exact) mass is 622 g/mol. The Bertz CT molecular complexity index is 1650. The zero-order chi connectivity index (χ0) is 29.5. The molecule has 0 N–H and O–H groups in total. The number of hydrogen-bond donors (Lipinski definition) is 0. The highest BCUT2D eigenvalue weighted by Gasteiger charge is 2.35. The van der Waals surface area contributed by atoms with E-state index in [-0.39, 0.29) is 5.56 Å². The van der Waals surface area contributed by atoms with Crippen LogP contribution in [-0.2, 0) is 14.3 Å². The van der Waals surface area contributed by atoms with Gasteiger partial charge in [-0.15, -0.1) is 6.58 Å². The molecule has 0 bridgehead atoms. The van der Waals surface area contributed by atoms with Crippen LogP contribution in [0.2, 0.25) is 0 Å². The predicted molar refractivity (Wildman–Crippen MR) is 160 cm³/mol. The van der Waals surface area contributed by atoms with E-state index in [0.29, 0.717) is 59.4 Å². The second-order valence-corrected chi connectivity index (χ2v) is 11.7. The Hall–Kier alpha value is -3.76. The molecule has 0 radical (unpaired) electrons. The highest BCUT2D eigenvalue weighted by Crippen LogP contribution is 2.42. The maximum Gasteiger partial charge on any atom is 0.339 e. The number of carbonyl (C=O) groups is 1. The van der Waals surface area contributed by atoms with E-state index in [1.165, 1.54) is 13.2 Å². The number of nitrogens with zero attached hydrogens (tertiary/aromatic N) is 4. The lowest BCUT2D eigenvalue weighted by Crippen LogP contribution is -2.33. The van der Waals surface area contributed by atoms with Gasteiger partial charge >= 0.3 is 5.97 Å². The zero-order valence-corrected chi connectivity index (χ0v) is 25.3. The van der Waals surface area contributed by atoms with Gasteiger partial charge in [0.15, 0.2) is 11.8 Å². The van der Waals surface area contributed by atoms with Crippen LogP contribution < -0.4 is 9.64 Å². The van der Waals surface area contributed by atoms with E-state index in [9.17, 15) is 4.79 Å². The fourth-order valence-electron chi connectivity index (χ4n) is 5.00. The molecule has 4 aromatic rings. The average Bonchev–Trinajstić information content (AvgIpc) is 3.34. The third kappa shape index (κ3) is 5.71. The van der Waals surface area contributed by atoms with E-state index in [1.807, 2.05) is 51.1 Å². The van der Waals surface area contributed by atoms with Gasteiger partial charge in [0.1, 0.15) is 18.2 Å². The van der Waals surface area contributed by atoms with Crippen molar-refractivity contribution in [1.82, 2.24) is 14.6 Å². The van der Waals surface area contributed by atoms with E-state index >= 15 is 4.39 Å². The maximum atomic E-state index is 16.1. The first kappa shape index (κ1) is 28.8. The second-order valence-electron chi connectivity index (χ2n) is 10.8. The van der Waals surface area contributed by atoms with Gasteiger partial charge in [0.25, 0.3) is 0 Å². The summed E-state index contributed by atoms with van der Waals surface area (Å²) < 4.78 is 35.8. The molecule has 0 amide bonds.